The van der Waals surface area contributed by atoms with Gasteiger partial charge in [-0.3, -0.25) is 14.6 Å². The first-order valence-corrected chi connectivity index (χ1v) is 10.5. The molecule has 0 spiro atoms. The highest BCUT2D eigenvalue weighted by Crippen LogP contribution is 2.52. The molecular formula is C27H29NO2. The summed E-state index contributed by atoms with van der Waals surface area (Å²) in [7, 11) is 0. The lowest BCUT2D eigenvalue weighted by atomic mass is 9.86. The van der Waals surface area contributed by atoms with Crippen molar-refractivity contribution in [3.05, 3.63) is 89.1 Å². The van der Waals surface area contributed by atoms with Gasteiger partial charge in [-0.1, -0.05) is 49.9 Å². The fourth-order valence-electron chi connectivity index (χ4n) is 3.98. The minimum absolute atomic E-state index is 0.0858. The SMILES string of the molecule is C=C/C(=C\N=C(/C)Cc1cc(C(C)=O)ccc1C1(CC)CC1)c1cccc(C=O)c1. The van der Waals surface area contributed by atoms with Crippen LogP contribution in [0.25, 0.3) is 5.57 Å². The van der Waals surface area contributed by atoms with Gasteiger partial charge in [0.2, 0.25) is 0 Å². The van der Waals surface area contributed by atoms with E-state index in [9.17, 15) is 9.59 Å². The van der Waals surface area contributed by atoms with Crippen LogP contribution in [0.1, 0.15) is 77.4 Å². The minimum Gasteiger partial charge on any atom is -0.298 e. The van der Waals surface area contributed by atoms with Crippen molar-refractivity contribution < 1.29 is 9.59 Å². The molecule has 2 aromatic rings. The average Bonchev–Trinajstić information content (AvgIpc) is 3.55. The zero-order valence-corrected chi connectivity index (χ0v) is 18.1. The Morgan fingerprint density at radius 2 is 1.90 bits per heavy atom. The predicted octanol–water partition coefficient (Wildman–Crippen LogP) is 6.37. The first-order chi connectivity index (χ1) is 14.4. The Balaban J connectivity index is 1.91. The third kappa shape index (κ3) is 4.73. The standard InChI is InChI=1S/C27H29NO2/c1-5-22(24-9-7-8-21(15-24)18-29)17-28-19(3)14-25-16-23(20(4)30)10-11-26(25)27(6-2)12-13-27/h5,7-11,15-18H,1,6,12-14H2,2-4H3/b22-17+,28-19+. The molecule has 30 heavy (non-hydrogen) atoms. The molecule has 3 rings (SSSR count). The summed E-state index contributed by atoms with van der Waals surface area (Å²) in [4.78, 5) is 27.7. The van der Waals surface area contributed by atoms with Crippen LogP contribution in [0, 0.1) is 0 Å². The highest BCUT2D eigenvalue weighted by atomic mass is 16.1. The van der Waals surface area contributed by atoms with Crippen molar-refractivity contribution in [3.63, 3.8) is 0 Å². The second kappa shape index (κ2) is 9.17. The molecule has 3 heteroatoms. The molecule has 0 aliphatic heterocycles. The summed E-state index contributed by atoms with van der Waals surface area (Å²) in [5.41, 5.74) is 6.94. The van der Waals surface area contributed by atoms with Gasteiger partial charge in [0, 0.05) is 29.5 Å². The first kappa shape index (κ1) is 21.6. The number of aldehydes is 1. The molecule has 0 saturated heterocycles. The maximum absolute atomic E-state index is 11.9. The topological polar surface area (TPSA) is 46.5 Å². The first-order valence-electron chi connectivity index (χ1n) is 10.5. The molecule has 0 unspecified atom stereocenters. The molecule has 0 amide bonds. The monoisotopic (exact) mass is 399 g/mol. The van der Waals surface area contributed by atoms with Crippen molar-refractivity contribution in [1.29, 1.82) is 0 Å². The molecule has 154 valence electrons. The van der Waals surface area contributed by atoms with Crippen molar-refractivity contribution in [2.75, 3.05) is 0 Å². The van der Waals surface area contributed by atoms with Crippen molar-refractivity contribution >= 4 is 23.4 Å². The predicted molar refractivity (Wildman–Crippen MR) is 124 cm³/mol. The van der Waals surface area contributed by atoms with Crippen LogP contribution in [0.2, 0.25) is 0 Å². The van der Waals surface area contributed by atoms with Crippen molar-refractivity contribution in [2.24, 2.45) is 4.99 Å². The van der Waals surface area contributed by atoms with Gasteiger partial charge in [-0.15, -0.1) is 0 Å². The fraction of sp³-hybridized carbons (Fsp3) is 0.296. The highest BCUT2D eigenvalue weighted by Gasteiger charge is 2.43. The summed E-state index contributed by atoms with van der Waals surface area (Å²) in [6.45, 7) is 9.75. The van der Waals surface area contributed by atoms with Gasteiger partial charge in [-0.2, -0.15) is 0 Å². The average molecular weight is 400 g/mol. The number of ketones is 1. The number of hydrogen-bond acceptors (Lipinski definition) is 3. The molecule has 0 bridgehead atoms. The molecule has 2 aromatic carbocycles. The number of nitrogens with zero attached hydrogens (tertiary/aromatic N) is 1. The minimum atomic E-state index is 0.0858. The third-order valence-electron chi connectivity index (χ3n) is 6.06. The van der Waals surface area contributed by atoms with Gasteiger partial charge < -0.3 is 0 Å². The van der Waals surface area contributed by atoms with E-state index in [4.69, 9.17) is 0 Å². The van der Waals surface area contributed by atoms with Crippen LogP contribution in [0.3, 0.4) is 0 Å². The third-order valence-corrected chi connectivity index (χ3v) is 6.06. The summed E-state index contributed by atoms with van der Waals surface area (Å²) in [5, 5.41) is 0. The summed E-state index contributed by atoms with van der Waals surface area (Å²) in [6, 6.07) is 13.5. The zero-order valence-electron chi connectivity index (χ0n) is 18.1. The number of hydrogen-bond donors (Lipinski definition) is 0. The van der Waals surface area contributed by atoms with Crippen LogP contribution in [-0.2, 0) is 11.8 Å². The van der Waals surface area contributed by atoms with E-state index < -0.39 is 0 Å². The quantitative estimate of drug-likeness (QED) is 0.213. The summed E-state index contributed by atoms with van der Waals surface area (Å²) in [5.74, 6) is 0.0858. The van der Waals surface area contributed by atoms with Crippen molar-refractivity contribution in [2.45, 2.75) is 51.9 Å². The zero-order chi connectivity index (χ0) is 21.7. The molecule has 1 saturated carbocycles. The number of aliphatic imine (C=N–C) groups is 1. The second-order valence-corrected chi connectivity index (χ2v) is 8.14. The molecule has 0 radical (unpaired) electrons. The van der Waals surface area contributed by atoms with Crippen LogP contribution in [0.15, 0.2) is 66.3 Å². The maximum Gasteiger partial charge on any atom is 0.159 e. The van der Waals surface area contributed by atoms with E-state index in [0.717, 1.165) is 35.1 Å². The second-order valence-electron chi connectivity index (χ2n) is 8.14. The molecule has 3 nitrogen and oxygen atoms in total. The van der Waals surface area contributed by atoms with E-state index in [-0.39, 0.29) is 11.2 Å². The van der Waals surface area contributed by atoms with Crippen LogP contribution in [-0.4, -0.2) is 17.8 Å². The molecule has 1 aliphatic carbocycles. The lowest BCUT2D eigenvalue weighted by molar-refractivity contribution is 0.101. The molecular weight excluding hydrogens is 370 g/mol. The lowest BCUT2D eigenvalue weighted by Crippen LogP contribution is -2.12. The number of allylic oxidation sites excluding steroid dienone is 2. The Morgan fingerprint density at radius 1 is 1.13 bits per heavy atom. The van der Waals surface area contributed by atoms with Crippen LogP contribution >= 0.6 is 0 Å². The summed E-state index contributed by atoms with van der Waals surface area (Å²) >= 11 is 0. The summed E-state index contributed by atoms with van der Waals surface area (Å²) < 4.78 is 0. The van der Waals surface area contributed by atoms with E-state index in [1.165, 1.54) is 24.0 Å². The molecule has 1 aliphatic rings. The Kier molecular flexibility index (Phi) is 6.61. The largest absolute Gasteiger partial charge is 0.298 e. The Labute approximate surface area is 179 Å². The van der Waals surface area contributed by atoms with Gasteiger partial charge in [-0.05, 0) is 72.9 Å². The van der Waals surface area contributed by atoms with Crippen LogP contribution in [0.5, 0.6) is 0 Å². The van der Waals surface area contributed by atoms with Gasteiger partial charge in [-0.25, -0.2) is 0 Å². The van der Waals surface area contributed by atoms with Crippen molar-refractivity contribution in [1.82, 2.24) is 0 Å². The molecule has 1 fully saturated rings. The number of Topliss-reactive ketones (excluding diaryl/α,β-unsaturated/α-hetero) is 1. The van der Waals surface area contributed by atoms with Gasteiger partial charge in [0.05, 0.1) is 0 Å². The maximum atomic E-state index is 11.9. The van der Waals surface area contributed by atoms with Crippen LogP contribution < -0.4 is 0 Å². The van der Waals surface area contributed by atoms with Crippen LogP contribution in [0.4, 0.5) is 0 Å². The Hall–Kier alpha value is -3.07. The van der Waals surface area contributed by atoms with E-state index in [1.54, 1.807) is 25.3 Å². The van der Waals surface area contributed by atoms with Gasteiger partial charge in [0.25, 0.3) is 0 Å². The number of rotatable bonds is 9. The lowest BCUT2D eigenvalue weighted by Gasteiger charge is -2.19. The highest BCUT2D eigenvalue weighted by molar-refractivity contribution is 5.95. The smallest absolute Gasteiger partial charge is 0.159 e. The molecule has 0 aromatic heterocycles. The fourth-order valence-corrected chi connectivity index (χ4v) is 3.98. The van der Waals surface area contributed by atoms with E-state index in [1.807, 2.05) is 37.3 Å². The molecule has 0 heterocycles. The normalized spacial score (nSPS) is 15.6. The Bertz CT molecular complexity index is 1040. The van der Waals surface area contributed by atoms with E-state index >= 15 is 0 Å². The number of carbonyl (C=O) groups is 2. The van der Waals surface area contributed by atoms with Gasteiger partial charge in [0.15, 0.2) is 5.78 Å². The van der Waals surface area contributed by atoms with Crippen molar-refractivity contribution in [3.8, 4) is 0 Å². The summed E-state index contributed by atoms with van der Waals surface area (Å²) in [6.07, 6.45) is 8.62. The van der Waals surface area contributed by atoms with Gasteiger partial charge in [0.1, 0.15) is 6.29 Å². The number of benzene rings is 2. The number of carbonyl (C=O) groups excluding carboxylic acids is 2. The van der Waals surface area contributed by atoms with Gasteiger partial charge >= 0.3 is 0 Å². The molecule has 0 N–H and O–H groups in total. The van der Waals surface area contributed by atoms with E-state index in [2.05, 4.69) is 24.6 Å². The molecule has 0 atom stereocenters. The Morgan fingerprint density at radius 3 is 2.50 bits per heavy atom. The van der Waals surface area contributed by atoms with E-state index in [0.29, 0.717) is 12.0 Å².